The maximum atomic E-state index is 11.8. The molecule has 0 aliphatic heterocycles. The van der Waals surface area contributed by atoms with E-state index in [-0.39, 0.29) is 11.3 Å². The monoisotopic (exact) mass is 334 g/mol. The van der Waals surface area contributed by atoms with E-state index in [2.05, 4.69) is 33.8 Å². The van der Waals surface area contributed by atoms with Gasteiger partial charge < -0.3 is 9.52 Å². The Hall–Kier alpha value is -1.51. The third-order valence-corrected chi connectivity index (χ3v) is 4.80. The van der Waals surface area contributed by atoms with E-state index in [1.807, 2.05) is 6.92 Å². The van der Waals surface area contributed by atoms with Gasteiger partial charge in [-0.1, -0.05) is 46.6 Å². The first-order valence-corrected chi connectivity index (χ1v) is 9.19. The molecule has 1 aromatic rings. The molecule has 2 unspecified atom stereocenters. The minimum atomic E-state index is -0.463. The molecule has 0 aromatic carbocycles. The molecule has 0 spiro atoms. The first kappa shape index (κ1) is 20.5. The van der Waals surface area contributed by atoms with Crippen LogP contribution in [-0.2, 0) is 0 Å². The van der Waals surface area contributed by atoms with Gasteiger partial charge in [0.05, 0.1) is 5.56 Å². The second-order valence-corrected chi connectivity index (χ2v) is 7.61. The fourth-order valence-corrected chi connectivity index (χ4v) is 3.71. The lowest BCUT2D eigenvalue weighted by Gasteiger charge is -2.19. The minimum Gasteiger partial charge on any atom is -0.507 e. The third kappa shape index (κ3) is 5.54. The summed E-state index contributed by atoms with van der Waals surface area (Å²) in [6.07, 6.45) is 7.07. The Morgan fingerprint density at radius 2 is 1.75 bits per heavy atom. The molecule has 0 aliphatic rings. The van der Waals surface area contributed by atoms with Crippen molar-refractivity contribution < 1.29 is 9.52 Å². The number of aromatic hydroxyl groups is 1. The maximum Gasteiger partial charge on any atom is 0.342 e. The van der Waals surface area contributed by atoms with E-state index >= 15 is 0 Å². The van der Waals surface area contributed by atoms with Crippen LogP contribution in [0, 0.1) is 31.6 Å². The zero-order valence-corrected chi connectivity index (χ0v) is 16.4. The van der Waals surface area contributed by atoms with E-state index in [9.17, 15) is 9.90 Å². The average molecular weight is 335 g/mol. The fraction of sp³-hybridized carbons (Fsp3) is 0.667. The van der Waals surface area contributed by atoms with Crippen LogP contribution in [0.1, 0.15) is 77.2 Å². The standard InChI is InChI=1S/C21H34O3/c1-8-9-13(2)10-14(3)11-15(4)12-16(5)20-17(6)19(22)18(7)21(23)24-20/h12-15,22H,8-11H2,1-7H3/b16-12+/t13?,14-,15?/m1/s1. The van der Waals surface area contributed by atoms with Crippen molar-refractivity contribution in [3.63, 3.8) is 0 Å². The zero-order chi connectivity index (χ0) is 18.4. The van der Waals surface area contributed by atoms with Crippen molar-refractivity contribution in [2.75, 3.05) is 0 Å². The molecule has 0 saturated heterocycles. The van der Waals surface area contributed by atoms with Gasteiger partial charge in [0, 0.05) is 5.56 Å². The lowest BCUT2D eigenvalue weighted by atomic mass is 9.87. The molecule has 3 heteroatoms. The summed E-state index contributed by atoms with van der Waals surface area (Å²) in [5.74, 6) is 2.40. The molecular formula is C21H34O3. The molecule has 0 bridgehead atoms. The normalized spacial score (nSPS) is 16.0. The molecule has 0 aliphatic carbocycles. The molecule has 24 heavy (non-hydrogen) atoms. The number of hydrogen-bond donors (Lipinski definition) is 1. The van der Waals surface area contributed by atoms with Crippen LogP contribution >= 0.6 is 0 Å². The van der Waals surface area contributed by atoms with Crippen LogP contribution in [0.5, 0.6) is 5.75 Å². The van der Waals surface area contributed by atoms with Gasteiger partial charge in [0.15, 0.2) is 0 Å². The third-order valence-electron chi connectivity index (χ3n) is 4.80. The molecule has 3 nitrogen and oxygen atoms in total. The second-order valence-electron chi connectivity index (χ2n) is 7.61. The molecular weight excluding hydrogens is 300 g/mol. The van der Waals surface area contributed by atoms with Gasteiger partial charge in [-0.2, -0.15) is 0 Å². The summed E-state index contributed by atoms with van der Waals surface area (Å²) < 4.78 is 5.40. The predicted molar refractivity (Wildman–Crippen MR) is 101 cm³/mol. The van der Waals surface area contributed by atoms with Gasteiger partial charge >= 0.3 is 5.63 Å². The van der Waals surface area contributed by atoms with E-state index in [0.29, 0.717) is 23.2 Å². The number of rotatable bonds is 8. The summed E-state index contributed by atoms with van der Waals surface area (Å²) in [7, 11) is 0. The summed E-state index contributed by atoms with van der Waals surface area (Å²) in [6, 6.07) is 0. The Kier molecular flexibility index (Phi) is 7.78. The highest BCUT2D eigenvalue weighted by molar-refractivity contribution is 5.64. The quantitative estimate of drug-likeness (QED) is 0.648. The summed E-state index contributed by atoms with van der Waals surface area (Å²) in [5.41, 5.74) is 1.37. The highest BCUT2D eigenvalue weighted by Gasteiger charge is 2.16. The van der Waals surface area contributed by atoms with Gasteiger partial charge in [-0.05, 0) is 56.9 Å². The maximum absolute atomic E-state index is 11.8. The van der Waals surface area contributed by atoms with E-state index in [1.165, 1.54) is 19.3 Å². The van der Waals surface area contributed by atoms with Crippen molar-refractivity contribution >= 4 is 5.57 Å². The van der Waals surface area contributed by atoms with Crippen molar-refractivity contribution in [1.29, 1.82) is 0 Å². The van der Waals surface area contributed by atoms with Crippen LogP contribution in [-0.4, -0.2) is 5.11 Å². The van der Waals surface area contributed by atoms with Crippen molar-refractivity contribution in [1.82, 2.24) is 0 Å². The average Bonchev–Trinajstić information content (AvgIpc) is 2.48. The second kappa shape index (κ2) is 9.10. The first-order chi connectivity index (χ1) is 11.2. The van der Waals surface area contributed by atoms with Gasteiger partial charge in [0.2, 0.25) is 0 Å². The van der Waals surface area contributed by atoms with Gasteiger partial charge in [0.1, 0.15) is 11.5 Å². The number of hydrogen-bond acceptors (Lipinski definition) is 3. The van der Waals surface area contributed by atoms with E-state index < -0.39 is 5.63 Å². The van der Waals surface area contributed by atoms with Crippen LogP contribution in [0.3, 0.4) is 0 Å². The predicted octanol–water partition coefficient (Wildman–Crippen LogP) is 5.85. The molecule has 136 valence electrons. The van der Waals surface area contributed by atoms with Gasteiger partial charge in [0.25, 0.3) is 0 Å². The summed E-state index contributed by atoms with van der Waals surface area (Å²) in [5, 5.41) is 10.1. The van der Waals surface area contributed by atoms with Crippen molar-refractivity contribution in [2.24, 2.45) is 17.8 Å². The van der Waals surface area contributed by atoms with Gasteiger partial charge in [-0.15, -0.1) is 0 Å². The zero-order valence-electron chi connectivity index (χ0n) is 16.4. The molecule has 0 fully saturated rings. The molecule has 1 rings (SSSR count). The van der Waals surface area contributed by atoms with Crippen molar-refractivity contribution in [3.05, 3.63) is 33.4 Å². The topological polar surface area (TPSA) is 50.4 Å². The number of allylic oxidation sites excluding steroid dienone is 2. The van der Waals surface area contributed by atoms with Gasteiger partial charge in [-0.3, -0.25) is 0 Å². The van der Waals surface area contributed by atoms with Gasteiger partial charge in [-0.25, -0.2) is 4.79 Å². The highest BCUT2D eigenvalue weighted by atomic mass is 16.4. The highest BCUT2D eigenvalue weighted by Crippen LogP contribution is 2.29. The summed E-state index contributed by atoms with van der Waals surface area (Å²) in [6.45, 7) is 14.4. The van der Waals surface area contributed by atoms with Crippen molar-refractivity contribution in [2.45, 2.75) is 74.1 Å². The Bertz CT molecular complexity index is 625. The lowest BCUT2D eigenvalue weighted by Crippen LogP contribution is -2.08. The largest absolute Gasteiger partial charge is 0.507 e. The molecule has 0 saturated carbocycles. The minimum absolute atomic E-state index is 0.0448. The van der Waals surface area contributed by atoms with Crippen molar-refractivity contribution in [3.8, 4) is 5.75 Å². The van der Waals surface area contributed by atoms with E-state index in [0.717, 1.165) is 17.9 Å². The Balaban J connectivity index is 2.84. The Morgan fingerprint density at radius 1 is 1.12 bits per heavy atom. The molecule has 1 aromatic heterocycles. The molecule has 0 radical (unpaired) electrons. The van der Waals surface area contributed by atoms with E-state index in [1.54, 1.807) is 13.8 Å². The molecule has 1 heterocycles. The smallest absolute Gasteiger partial charge is 0.342 e. The Morgan fingerprint density at radius 3 is 2.33 bits per heavy atom. The van der Waals surface area contributed by atoms with Crippen LogP contribution in [0.2, 0.25) is 0 Å². The fourth-order valence-electron chi connectivity index (χ4n) is 3.71. The van der Waals surface area contributed by atoms with Crippen LogP contribution in [0.15, 0.2) is 15.3 Å². The Labute approximate surface area is 146 Å². The van der Waals surface area contributed by atoms with Crippen LogP contribution in [0.4, 0.5) is 0 Å². The molecule has 3 atom stereocenters. The summed E-state index contributed by atoms with van der Waals surface area (Å²) in [4.78, 5) is 11.8. The SMILES string of the molecule is CCCC(C)C[C@@H](C)CC(C)/C=C(\C)c1oc(=O)c(C)c(O)c1C. The molecule has 1 N–H and O–H groups in total. The summed E-state index contributed by atoms with van der Waals surface area (Å²) >= 11 is 0. The lowest BCUT2D eigenvalue weighted by molar-refractivity contribution is 0.353. The van der Waals surface area contributed by atoms with E-state index in [4.69, 9.17) is 4.42 Å². The van der Waals surface area contributed by atoms with Crippen LogP contribution < -0.4 is 5.63 Å². The first-order valence-electron chi connectivity index (χ1n) is 9.19. The molecule has 0 amide bonds. The van der Waals surface area contributed by atoms with Crippen LogP contribution in [0.25, 0.3) is 5.57 Å².